The van der Waals surface area contributed by atoms with Gasteiger partial charge in [0.05, 0.1) is 16.6 Å². The molecule has 10 nitrogen and oxygen atoms in total. The molecule has 0 radical (unpaired) electrons. The van der Waals surface area contributed by atoms with E-state index in [1.165, 1.54) is 16.4 Å². The standard InChI is InChI=1S/C10H12N6O4S2/c1-15-10(12-13-14-15)21-2-4-3-22(20)8-5(11)7(17)16(8)6(4)9(18)19/h5,8H,2-3,11H2,1H3,(H,18,19)/t5-,8-,22?/m1/s1. The van der Waals surface area contributed by atoms with Crippen molar-refractivity contribution < 1.29 is 18.9 Å². The number of aryl methyl sites for hydroxylation is 1. The van der Waals surface area contributed by atoms with Gasteiger partial charge in [0.15, 0.2) is 0 Å². The lowest BCUT2D eigenvalue weighted by Gasteiger charge is -2.47. The number of carboxylic acid groups (broad SMARTS) is 1. The first-order valence-corrected chi connectivity index (χ1v) is 8.55. The number of tetrazole rings is 1. The maximum absolute atomic E-state index is 12.2. The summed E-state index contributed by atoms with van der Waals surface area (Å²) in [5.41, 5.74) is 5.90. The number of aromatic nitrogens is 4. The summed E-state index contributed by atoms with van der Waals surface area (Å²) in [7, 11) is 0.242. The fourth-order valence-corrected chi connectivity index (χ4v) is 4.99. The molecule has 118 valence electrons. The van der Waals surface area contributed by atoms with Crippen LogP contribution in [0.25, 0.3) is 0 Å². The van der Waals surface area contributed by atoms with Crippen molar-refractivity contribution in [3.63, 3.8) is 0 Å². The van der Waals surface area contributed by atoms with Crippen molar-refractivity contribution in [2.75, 3.05) is 11.5 Å². The Hall–Kier alpha value is -1.79. The number of nitrogens with two attached hydrogens (primary N) is 1. The second-order valence-electron chi connectivity index (χ2n) is 4.78. The number of β-lactam (4-membered cyclic amide) rings is 1. The lowest BCUT2D eigenvalue weighted by Crippen LogP contribution is -2.71. The van der Waals surface area contributed by atoms with Crippen LogP contribution in [0.4, 0.5) is 0 Å². The van der Waals surface area contributed by atoms with Crippen LogP contribution < -0.4 is 5.73 Å². The summed E-state index contributed by atoms with van der Waals surface area (Å²) in [6.45, 7) is 0. The quantitative estimate of drug-likeness (QED) is 0.463. The van der Waals surface area contributed by atoms with Crippen LogP contribution in [0.15, 0.2) is 16.4 Å². The predicted molar refractivity (Wildman–Crippen MR) is 75.8 cm³/mol. The van der Waals surface area contributed by atoms with E-state index in [4.69, 9.17) is 5.73 Å². The number of carbonyl (C=O) groups excluding carboxylic acids is 1. The largest absolute Gasteiger partial charge is 0.477 e. The second-order valence-corrected chi connectivity index (χ2v) is 7.26. The van der Waals surface area contributed by atoms with Crippen molar-refractivity contribution in [1.29, 1.82) is 0 Å². The summed E-state index contributed by atoms with van der Waals surface area (Å²) in [5, 5.41) is 20.1. The molecule has 0 bridgehead atoms. The van der Waals surface area contributed by atoms with Gasteiger partial charge in [-0.25, -0.2) is 9.48 Å². The van der Waals surface area contributed by atoms with Crippen molar-refractivity contribution in [1.82, 2.24) is 25.1 Å². The molecule has 1 aromatic heterocycles. The maximum Gasteiger partial charge on any atom is 0.352 e. The van der Waals surface area contributed by atoms with Gasteiger partial charge in [-0.3, -0.25) is 13.9 Å². The minimum Gasteiger partial charge on any atom is -0.477 e. The third-order valence-corrected chi connectivity index (χ3v) is 6.18. The average molecular weight is 344 g/mol. The number of hydrogen-bond donors (Lipinski definition) is 2. The molecule has 3 atom stereocenters. The highest BCUT2D eigenvalue weighted by molar-refractivity contribution is 7.99. The normalized spacial score (nSPS) is 27.6. The molecule has 1 fully saturated rings. The minimum absolute atomic E-state index is 0.0715. The van der Waals surface area contributed by atoms with Crippen molar-refractivity contribution in [3.05, 3.63) is 11.3 Å². The molecule has 2 aliphatic rings. The highest BCUT2D eigenvalue weighted by atomic mass is 32.2. The van der Waals surface area contributed by atoms with Gasteiger partial charge < -0.3 is 10.8 Å². The van der Waals surface area contributed by atoms with Gasteiger partial charge in [0.25, 0.3) is 0 Å². The highest BCUT2D eigenvalue weighted by Crippen LogP contribution is 2.35. The third kappa shape index (κ3) is 2.23. The van der Waals surface area contributed by atoms with Gasteiger partial charge in [-0.15, -0.1) is 5.10 Å². The van der Waals surface area contributed by atoms with Crippen molar-refractivity contribution in [2.24, 2.45) is 12.8 Å². The van der Waals surface area contributed by atoms with Gasteiger partial charge in [-0.2, -0.15) is 0 Å². The number of rotatable bonds is 4. The minimum atomic E-state index is -1.41. The molecule has 2 aliphatic heterocycles. The maximum atomic E-state index is 12.2. The molecule has 12 heteroatoms. The Morgan fingerprint density at radius 1 is 1.59 bits per heavy atom. The van der Waals surface area contributed by atoms with E-state index >= 15 is 0 Å². The van der Waals surface area contributed by atoms with Gasteiger partial charge in [-0.05, 0) is 16.0 Å². The first kappa shape index (κ1) is 15.1. The van der Waals surface area contributed by atoms with E-state index in [-0.39, 0.29) is 17.2 Å². The van der Waals surface area contributed by atoms with Crippen LogP contribution in [0.3, 0.4) is 0 Å². The number of hydrogen-bond acceptors (Lipinski definition) is 8. The van der Waals surface area contributed by atoms with Crippen LogP contribution in [0, 0.1) is 0 Å². The number of aliphatic carboxylic acids is 1. The first-order valence-electron chi connectivity index (χ1n) is 6.18. The SMILES string of the molecule is Cn1nnnc1SCC1=C(C(=O)O)N2C(=O)[C@@H](N)[C@H]2S(=O)C1. The summed E-state index contributed by atoms with van der Waals surface area (Å²) >= 11 is 1.21. The Morgan fingerprint density at radius 3 is 2.91 bits per heavy atom. The summed E-state index contributed by atoms with van der Waals surface area (Å²) in [5.74, 6) is -1.44. The predicted octanol–water partition coefficient (Wildman–Crippen LogP) is -2.10. The molecule has 1 saturated heterocycles. The number of amides is 1. The monoisotopic (exact) mass is 344 g/mol. The molecule has 0 spiro atoms. The highest BCUT2D eigenvalue weighted by Gasteiger charge is 2.54. The van der Waals surface area contributed by atoms with Crippen LogP contribution >= 0.6 is 11.8 Å². The van der Waals surface area contributed by atoms with E-state index in [0.717, 1.165) is 4.90 Å². The Balaban J connectivity index is 1.89. The summed E-state index contributed by atoms with van der Waals surface area (Å²) in [4.78, 5) is 24.3. The Morgan fingerprint density at radius 2 is 2.32 bits per heavy atom. The number of carboxylic acids is 1. The van der Waals surface area contributed by atoms with Gasteiger partial charge in [-0.1, -0.05) is 11.8 Å². The van der Waals surface area contributed by atoms with Crippen LogP contribution in [0.1, 0.15) is 0 Å². The zero-order chi connectivity index (χ0) is 16.0. The van der Waals surface area contributed by atoms with Gasteiger partial charge in [0.1, 0.15) is 17.1 Å². The Kier molecular flexibility index (Phi) is 3.74. The molecular weight excluding hydrogens is 332 g/mol. The lowest BCUT2D eigenvalue weighted by atomic mass is 10.0. The van der Waals surface area contributed by atoms with Crippen molar-refractivity contribution in [3.8, 4) is 0 Å². The molecule has 1 amide bonds. The number of nitrogens with zero attached hydrogens (tertiary/aromatic N) is 5. The van der Waals surface area contributed by atoms with E-state index in [9.17, 15) is 18.9 Å². The van der Waals surface area contributed by atoms with Gasteiger partial charge in [0, 0.05) is 12.8 Å². The molecule has 3 heterocycles. The summed E-state index contributed by atoms with van der Waals surface area (Å²) < 4.78 is 13.6. The fourth-order valence-electron chi connectivity index (χ4n) is 2.36. The lowest BCUT2D eigenvalue weighted by molar-refractivity contribution is -0.148. The molecule has 3 rings (SSSR count). The Bertz CT molecular complexity index is 716. The average Bonchev–Trinajstić information content (AvgIpc) is 2.88. The first-order chi connectivity index (χ1) is 10.4. The topological polar surface area (TPSA) is 144 Å². The summed E-state index contributed by atoms with van der Waals surface area (Å²) in [6, 6.07) is -0.896. The van der Waals surface area contributed by atoms with Crippen LogP contribution in [0.2, 0.25) is 0 Å². The van der Waals surface area contributed by atoms with Crippen LogP contribution in [0.5, 0.6) is 0 Å². The molecule has 3 N–H and O–H groups in total. The summed E-state index contributed by atoms with van der Waals surface area (Å²) in [6.07, 6.45) is 0. The van der Waals surface area contributed by atoms with Gasteiger partial charge in [0.2, 0.25) is 11.1 Å². The van der Waals surface area contributed by atoms with Crippen molar-refractivity contribution >= 4 is 34.4 Å². The number of carbonyl (C=O) groups is 2. The third-order valence-electron chi connectivity index (χ3n) is 3.41. The van der Waals surface area contributed by atoms with E-state index in [1.807, 2.05) is 0 Å². The number of thioether (sulfide) groups is 1. The smallest absolute Gasteiger partial charge is 0.352 e. The van der Waals surface area contributed by atoms with E-state index < -0.39 is 34.1 Å². The zero-order valence-corrected chi connectivity index (χ0v) is 13.0. The van der Waals surface area contributed by atoms with Crippen LogP contribution in [-0.4, -0.2) is 69.2 Å². The van der Waals surface area contributed by atoms with E-state index in [2.05, 4.69) is 15.5 Å². The molecule has 0 saturated carbocycles. The van der Waals surface area contributed by atoms with Crippen LogP contribution in [-0.2, 0) is 27.4 Å². The molecule has 0 aliphatic carbocycles. The molecule has 22 heavy (non-hydrogen) atoms. The van der Waals surface area contributed by atoms with E-state index in [1.54, 1.807) is 7.05 Å². The van der Waals surface area contributed by atoms with Crippen molar-refractivity contribution in [2.45, 2.75) is 16.6 Å². The number of fused-ring (bicyclic) bond motifs is 1. The molecule has 0 aromatic carbocycles. The fraction of sp³-hybridized carbons (Fsp3) is 0.500. The zero-order valence-electron chi connectivity index (χ0n) is 11.4. The van der Waals surface area contributed by atoms with E-state index in [0.29, 0.717) is 10.7 Å². The molecule has 1 aromatic rings. The molecular formula is C10H12N6O4S2. The molecule has 1 unspecified atom stereocenters. The second kappa shape index (κ2) is 5.44. The Labute approximate surface area is 131 Å². The van der Waals surface area contributed by atoms with Gasteiger partial charge >= 0.3 is 5.97 Å².